The van der Waals surface area contributed by atoms with Crippen LogP contribution in [0, 0.1) is 6.92 Å². The highest BCUT2D eigenvalue weighted by molar-refractivity contribution is 6.87. The first-order chi connectivity index (χ1) is 14.4. The fourth-order valence-electron chi connectivity index (χ4n) is 3.70. The van der Waals surface area contributed by atoms with Gasteiger partial charge in [0.2, 0.25) is 0 Å². The van der Waals surface area contributed by atoms with E-state index in [1.807, 2.05) is 0 Å². The summed E-state index contributed by atoms with van der Waals surface area (Å²) in [7, 11) is -5.77. The van der Waals surface area contributed by atoms with Crippen molar-refractivity contribution in [3.63, 3.8) is 0 Å². The summed E-state index contributed by atoms with van der Waals surface area (Å²) in [6, 6.07) is 6.09. The van der Waals surface area contributed by atoms with Crippen LogP contribution in [0.5, 0.6) is 5.75 Å². The van der Waals surface area contributed by atoms with Crippen LogP contribution in [0.25, 0.3) is 5.57 Å². The molecule has 180 valence electrons. The SMILES string of the molecule is CC(=C(C(=O)O)C(=O)O)c1ccc(OCCC[Si](C)(O[Si](C)(C)C)O[Si](C)(C)C)cc1C. The molecule has 0 aromatic heterocycles. The van der Waals surface area contributed by atoms with Gasteiger partial charge < -0.3 is 23.2 Å². The normalized spacial score (nSPS) is 12.4. The average Bonchev–Trinajstić information content (AvgIpc) is 2.54. The molecule has 0 spiro atoms. The minimum Gasteiger partial charge on any atom is -0.494 e. The van der Waals surface area contributed by atoms with Crippen molar-refractivity contribution in [2.24, 2.45) is 0 Å². The van der Waals surface area contributed by atoms with Crippen molar-refractivity contribution in [1.82, 2.24) is 0 Å². The maximum atomic E-state index is 11.3. The maximum Gasteiger partial charge on any atom is 0.343 e. The molecule has 0 heterocycles. The number of aryl methyl sites for hydroxylation is 1. The highest BCUT2D eigenvalue weighted by Gasteiger charge is 2.39. The standard InChI is InChI=1S/C22H38O7Si3/c1-16-15-18(11-12-19(16)17(2)20(21(23)24)22(25)26)27-13-10-14-32(9,28-30(3,4)5)29-31(6,7)8/h11-12,15H,10,13-14H2,1-9H3,(H,23,24)(H,25,26). The van der Waals surface area contributed by atoms with Crippen LogP contribution in [0.4, 0.5) is 0 Å². The fourth-order valence-corrected chi connectivity index (χ4v) is 16.2. The van der Waals surface area contributed by atoms with E-state index in [1.165, 1.54) is 6.92 Å². The molecular weight excluding hydrogens is 460 g/mol. The lowest BCUT2D eigenvalue weighted by molar-refractivity contribution is -0.140. The highest BCUT2D eigenvalue weighted by atomic mass is 28.5. The first-order valence-electron chi connectivity index (χ1n) is 10.8. The number of allylic oxidation sites excluding steroid dienone is 1. The van der Waals surface area contributed by atoms with Gasteiger partial charge in [0.05, 0.1) is 6.61 Å². The molecule has 0 bridgehead atoms. The molecule has 0 atom stereocenters. The summed E-state index contributed by atoms with van der Waals surface area (Å²) in [5, 5.41) is 18.4. The fraction of sp³-hybridized carbons (Fsp3) is 0.545. The Bertz CT molecular complexity index is 835. The van der Waals surface area contributed by atoms with Crippen LogP contribution >= 0.6 is 0 Å². The van der Waals surface area contributed by atoms with Gasteiger partial charge in [-0.2, -0.15) is 0 Å². The predicted octanol–water partition coefficient (Wildman–Crippen LogP) is 5.48. The quantitative estimate of drug-likeness (QED) is 0.129. The van der Waals surface area contributed by atoms with Crippen molar-refractivity contribution in [3.05, 3.63) is 34.9 Å². The van der Waals surface area contributed by atoms with Gasteiger partial charge in [0.25, 0.3) is 0 Å². The largest absolute Gasteiger partial charge is 0.494 e. The van der Waals surface area contributed by atoms with Gasteiger partial charge in [0.15, 0.2) is 16.6 Å². The Morgan fingerprint density at radius 2 is 1.41 bits per heavy atom. The summed E-state index contributed by atoms with van der Waals surface area (Å²) >= 11 is 0. The third-order valence-electron chi connectivity index (χ3n) is 4.49. The first-order valence-corrected chi connectivity index (χ1v) is 20.1. The summed E-state index contributed by atoms with van der Waals surface area (Å²) in [6.45, 7) is 19.1. The van der Waals surface area contributed by atoms with Crippen molar-refractivity contribution in [3.8, 4) is 5.75 Å². The van der Waals surface area contributed by atoms with Crippen molar-refractivity contribution >= 4 is 42.7 Å². The van der Waals surface area contributed by atoms with Gasteiger partial charge in [-0.05, 0) is 101 Å². The van der Waals surface area contributed by atoms with Crippen molar-refractivity contribution in [1.29, 1.82) is 0 Å². The predicted molar refractivity (Wildman–Crippen MR) is 134 cm³/mol. The molecule has 32 heavy (non-hydrogen) atoms. The molecule has 0 radical (unpaired) electrons. The maximum absolute atomic E-state index is 11.3. The van der Waals surface area contributed by atoms with Crippen molar-refractivity contribution in [2.75, 3.05) is 6.61 Å². The van der Waals surface area contributed by atoms with E-state index in [0.29, 0.717) is 17.9 Å². The number of aliphatic carboxylic acids is 2. The lowest BCUT2D eigenvalue weighted by Gasteiger charge is -2.38. The highest BCUT2D eigenvalue weighted by Crippen LogP contribution is 2.28. The molecule has 0 amide bonds. The molecule has 2 N–H and O–H groups in total. The third kappa shape index (κ3) is 9.41. The molecule has 10 heteroatoms. The number of rotatable bonds is 12. The van der Waals surface area contributed by atoms with E-state index in [2.05, 4.69) is 45.8 Å². The molecule has 0 unspecified atom stereocenters. The van der Waals surface area contributed by atoms with Gasteiger partial charge in [-0.15, -0.1) is 0 Å². The number of benzene rings is 1. The van der Waals surface area contributed by atoms with Gasteiger partial charge in [-0.25, -0.2) is 9.59 Å². The molecule has 1 aromatic carbocycles. The number of carboxylic acids is 2. The van der Waals surface area contributed by atoms with Crippen LogP contribution in [0.1, 0.15) is 24.5 Å². The third-order valence-corrected chi connectivity index (χ3v) is 14.1. The summed E-state index contributed by atoms with van der Waals surface area (Å²) in [5.74, 6) is -2.25. The Labute approximate surface area is 194 Å². The van der Waals surface area contributed by atoms with E-state index >= 15 is 0 Å². The number of hydrogen-bond donors (Lipinski definition) is 2. The van der Waals surface area contributed by atoms with Gasteiger partial charge in [0.1, 0.15) is 11.3 Å². The van der Waals surface area contributed by atoms with Crippen LogP contribution in [0.2, 0.25) is 51.9 Å². The van der Waals surface area contributed by atoms with E-state index in [9.17, 15) is 19.8 Å². The minimum atomic E-state index is -2.30. The van der Waals surface area contributed by atoms with Gasteiger partial charge >= 0.3 is 20.5 Å². The van der Waals surface area contributed by atoms with Crippen LogP contribution in [-0.4, -0.2) is 54.0 Å². The van der Waals surface area contributed by atoms with E-state index in [4.69, 9.17) is 13.0 Å². The molecule has 1 rings (SSSR count). The number of ether oxygens (including phenoxy) is 1. The summed E-state index contributed by atoms with van der Waals surface area (Å²) in [5.41, 5.74) is 0.908. The molecule has 1 aromatic rings. The Morgan fingerprint density at radius 1 is 0.906 bits per heavy atom. The molecule has 7 nitrogen and oxygen atoms in total. The van der Waals surface area contributed by atoms with Gasteiger partial charge in [-0.3, -0.25) is 0 Å². The second-order valence-corrected chi connectivity index (χ2v) is 23.0. The van der Waals surface area contributed by atoms with Crippen LogP contribution in [0.3, 0.4) is 0 Å². The Balaban J connectivity index is 2.87. The molecule has 0 aliphatic carbocycles. The molecule has 0 saturated carbocycles. The van der Waals surface area contributed by atoms with Gasteiger partial charge in [-0.1, -0.05) is 6.07 Å². The van der Waals surface area contributed by atoms with Gasteiger partial charge in [0, 0.05) is 0 Å². The monoisotopic (exact) mass is 498 g/mol. The van der Waals surface area contributed by atoms with E-state index in [1.54, 1.807) is 25.1 Å². The molecule has 0 fully saturated rings. The second kappa shape index (κ2) is 10.9. The summed E-state index contributed by atoms with van der Waals surface area (Å²) < 4.78 is 18.9. The molecule has 0 aliphatic heterocycles. The summed E-state index contributed by atoms with van der Waals surface area (Å²) in [6.07, 6.45) is 0.805. The number of carbonyl (C=O) groups is 2. The lowest BCUT2D eigenvalue weighted by atomic mass is 9.97. The smallest absolute Gasteiger partial charge is 0.343 e. The van der Waals surface area contributed by atoms with E-state index in [0.717, 1.165) is 18.0 Å². The van der Waals surface area contributed by atoms with Crippen LogP contribution in [-0.2, 0) is 17.8 Å². The average molecular weight is 499 g/mol. The zero-order chi connectivity index (χ0) is 24.9. The minimum absolute atomic E-state index is 0.211. The topological polar surface area (TPSA) is 102 Å². The number of carboxylic acid groups (broad SMARTS) is 2. The Kier molecular flexibility index (Phi) is 9.66. The zero-order valence-electron chi connectivity index (χ0n) is 20.8. The van der Waals surface area contributed by atoms with Crippen LogP contribution < -0.4 is 4.74 Å². The Hall–Kier alpha value is -1.73. The molecular formula is C22H38O7Si3. The lowest BCUT2D eigenvalue weighted by Crippen LogP contribution is -2.52. The number of hydrogen-bond acceptors (Lipinski definition) is 5. The summed E-state index contributed by atoms with van der Waals surface area (Å²) in [4.78, 5) is 22.6. The van der Waals surface area contributed by atoms with E-state index in [-0.39, 0.29) is 5.57 Å². The van der Waals surface area contributed by atoms with E-state index < -0.39 is 42.7 Å². The van der Waals surface area contributed by atoms with Crippen LogP contribution in [0.15, 0.2) is 23.8 Å². The first kappa shape index (κ1) is 28.3. The molecule has 0 saturated heterocycles. The van der Waals surface area contributed by atoms with Crippen molar-refractivity contribution in [2.45, 2.75) is 72.1 Å². The van der Waals surface area contributed by atoms with Crippen molar-refractivity contribution < 1.29 is 32.8 Å². The second-order valence-electron chi connectivity index (χ2n) is 10.1. The molecule has 0 aliphatic rings. The Morgan fingerprint density at radius 3 is 1.81 bits per heavy atom. The zero-order valence-corrected chi connectivity index (χ0v) is 23.8.